The molecule has 1 heterocycles. The standard InChI is InChI=1S/C19H18BrN3O/c1-3-6-13(4-2)18(14-9-10-14)23-19(24)15(12-21)11-16-7-5-8-17(20)22-16/h3-8,11,14,18H,1-2,9-10H2,(H,23,24)/b13-6+,15-11+. The molecule has 1 N–H and O–H groups in total. The molecular weight excluding hydrogens is 366 g/mol. The molecule has 2 rings (SSSR count). The molecule has 1 amide bonds. The molecule has 0 spiro atoms. The molecule has 1 aromatic heterocycles. The van der Waals surface area contributed by atoms with Gasteiger partial charge in [0, 0.05) is 0 Å². The van der Waals surface area contributed by atoms with Crippen LogP contribution in [0.1, 0.15) is 18.5 Å². The van der Waals surface area contributed by atoms with Crippen LogP contribution >= 0.6 is 15.9 Å². The third-order valence-corrected chi connectivity index (χ3v) is 4.12. The summed E-state index contributed by atoms with van der Waals surface area (Å²) in [6.45, 7) is 7.49. The molecule has 1 saturated carbocycles. The van der Waals surface area contributed by atoms with Crippen molar-refractivity contribution >= 4 is 27.9 Å². The van der Waals surface area contributed by atoms with Crippen molar-refractivity contribution in [3.05, 3.63) is 71.0 Å². The lowest BCUT2D eigenvalue weighted by Gasteiger charge is -2.19. The second-order valence-corrected chi connectivity index (χ2v) is 6.26. The van der Waals surface area contributed by atoms with Gasteiger partial charge < -0.3 is 5.32 Å². The lowest BCUT2D eigenvalue weighted by Crippen LogP contribution is -2.38. The Labute approximate surface area is 150 Å². The van der Waals surface area contributed by atoms with Crippen LogP contribution in [-0.4, -0.2) is 16.9 Å². The fourth-order valence-electron chi connectivity index (χ4n) is 2.36. The van der Waals surface area contributed by atoms with E-state index in [1.165, 1.54) is 6.08 Å². The summed E-state index contributed by atoms with van der Waals surface area (Å²) < 4.78 is 0.646. The van der Waals surface area contributed by atoms with E-state index in [-0.39, 0.29) is 11.6 Å². The van der Waals surface area contributed by atoms with Gasteiger partial charge >= 0.3 is 0 Å². The summed E-state index contributed by atoms with van der Waals surface area (Å²) in [5.74, 6) is -0.0323. The van der Waals surface area contributed by atoms with Crippen molar-refractivity contribution in [2.24, 2.45) is 5.92 Å². The van der Waals surface area contributed by atoms with E-state index in [0.717, 1.165) is 18.4 Å². The first kappa shape index (κ1) is 17.9. The number of carbonyl (C=O) groups is 1. The second kappa shape index (κ2) is 8.42. The Balaban J connectivity index is 2.21. The van der Waals surface area contributed by atoms with Crippen molar-refractivity contribution in [1.29, 1.82) is 5.26 Å². The van der Waals surface area contributed by atoms with E-state index in [9.17, 15) is 10.1 Å². The van der Waals surface area contributed by atoms with Gasteiger partial charge in [0.1, 0.15) is 16.2 Å². The van der Waals surface area contributed by atoms with Crippen LogP contribution in [0.25, 0.3) is 6.08 Å². The lowest BCUT2D eigenvalue weighted by molar-refractivity contribution is -0.117. The van der Waals surface area contributed by atoms with E-state index in [2.05, 4.69) is 39.4 Å². The highest BCUT2D eigenvalue weighted by atomic mass is 79.9. The van der Waals surface area contributed by atoms with E-state index in [0.29, 0.717) is 16.2 Å². The van der Waals surface area contributed by atoms with Gasteiger partial charge in [0.2, 0.25) is 0 Å². The van der Waals surface area contributed by atoms with Crippen molar-refractivity contribution < 1.29 is 4.79 Å². The summed E-state index contributed by atoms with van der Waals surface area (Å²) in [7, 11) is 0. The highest BCUT2D eigenvalue weighted by Crippen LogP contribution is 2.36. The molecule has 0 saturated heterocycles. The Morgan fingerprint density at radius 2 is 2.21 bits per heavy atom. The molecule has 1 atom stereocenters. The monoisotopic (exact) mass is 383 g/mol. The van der Waals surface area contributed by atoms with Gasteiger partial charge in [-0.15, -0.1) is 0 Å². The number of carbonyl (C=O) groups excluding carboxylic acids is 1. The lowest BCUT2D eigenvalue weighted by atomic mass is 10.0. The maximum atomic E-state index is 12.5. The molecule has 1 fully saturated rings. The van der Waals surface area contributed by atoms with E-state index < -0.39 is 5.91 Å². The summed E-state index contributed by atoms with van der Waals surface area (Å²) in [4.78, 5) is 16.7. The maximum Gasteiger partial charge on any atom is 0.262 e. The van der Waals surface area contributed by atoms with Crippen LogP contribution in [0.4, 0.5) is 0 Å². The molecule has 1 aromatic rings. The molecule has 122 valence electrons. The fraction of sp³-hybridized carbons (Fsp3) is 0.211. The highest BCUT2D eigenvalue weighted by Gasteiger charge is 2.34. The zero-order valence-electron chi connectivity index (χ0n) is 13.2. The van der Waals surface area contributed by atoms with Crippen LogP contribution in [-0.2, 0) is 4.79 Å². The number of nitriles is 1. The topological polar surface area (TPSA) is 65.8 Å². The number of aromatic nitrogens is 1. The fourth-order valence-corrected chi connectivity index (χ4v) is 2.71. The third kappa shape index (κ3) is 4.77. The van der Waals surface area contributed by atoms with Gasteiger partial charge in [0.15, 0.2) is 0 Å². The van der Waals surface area contributed by atoms with Gasteiger partial charge in [-0.1, -0.05) is 37.5 Å². The van der Waals surface area contributed by atoms with Crippen LogP contribution in [0.15, 0.2) is 65.3 Å². The van der Waals surface area contributed by atoms with Gasteiger partial charge in [-0.05, 0) is 58.5 Å². The first-order valence-corrected chi connectivity index (χ1v) is 8.38. The van der Waals surface area contributed by atoms with Gasteiger partial charge in [-0.3, -0.25) is 4.79 Å². The number of halogens is 1. The number of allylic oxidation sites excluding steroid dienone is 2. The molecule has 0 aliphatic heterocycles. The normalized spacial score (nSPS) is 16.0. The molecule has 0 bridgehead atoms. The van der Waals surface area contributed by atoms with Crippen molar-refractivity contribution in [1.82, 2.24) is 10.3 Å². The van der Waals surface area contributed by atoms with Crippen LogP contribution in [0.3, 0.4) is 0 Å². The zero-order valence-corrected chi connectivity index (χ0v) is 14.8. The van der Waals surface area contributed by atoms with Crippen molar-refractivity contribution in [3.8, 4) is 6.07 Å². The van der Waals surface area contributed by atoms with Gasteiger partial charge in [-0.25, -0.2) is 4.98 Å². The van der Waals surface area contributed by atoms with Crippen LogP contribution in [0, 0.1) is 17.2 Å². The summed E-state index contributed by atoms with van der Waals surface area (Å²) in [5, 5.41) is 12.3. The molecule has 1 aliphatic carbocycles. The van der Waals surface area contributed by atoms with E-state index >= 15 is 0 Å². The number of pyridine rings is 1. The van der Waals surface area contributed by atoms with Gasteiger partial charge in [0.25, 0.3) is 5.91 Å². The molecule has 5 heteroatoms. The molecule has 0 aromatic carbocycles. The molecule has 1 aliphatic rings. The molecule has 4 nitrogen and oxygen atoms in total. The first-order valence-electron chi connectivity index (χ1n) is 7.59. The Hall–Kier alpha value is -2.45. The average molecular weight is 384 g/mol. The average Bonchev–Trinajstić information content (AvgIpc) is 3.40. The smallest absolute Gasteiger partial charge is 0.262 e. The van der Waals surface area contributed by atoms with Gasteiger partial charge in [0.05, 0.1) is 11.7 Å². The first-order chi connectivity index (χ1) is 11.6. The predicted octanol–water partition coefficient (Wildman–Crippen LogP) is 3.94. The van der Waals surface area contributed by atoms with Crippen molar-refractivity contribution in [2.75, 3.05) is 0 Å². The Morgan fingerprint density at radius 1 is 1.46 bits per heavy atom. The number of hydrogen-bond acceptors (Lipinski definition) is 3. The molecular formula is C19H18BrN3O. The Kier molecular flexibility index (Phi) is 6.28. The van der Waals surface area contributed by atoms with Crippen LogP contribution < -0.4 is 5.32 Å². The third-order valence-electron chi connectivity index (χ3n) is 3.68. The number of hydrogen-bond donors (Lipinski definition) is 1. The summed E-state index contributed by atoms with van der Waals surface area (Å²) in [5.41, 5.74) is 1.47. The van der Waals surface area contributed by atoms with E-state index in [1.54, 1.807) is 30.4 Å². The number of nitrogens with zero attached hydrogens (tertiary/aromatic N) is 2. The van der Waals surface area contributed by atoms with Crippen molar-refractivity contribution in [2.45, 2.75) is 18.9 Å². The minimum atomic E-state index is -0.409. The highest BCUT2D eigenvalue weighted by molar-refractivity contribution is 9.10. The number of nitrogens with one attached hydrogen (secondary N) is 1. The van der Waals surface area contributed by atoms with E-state index in [1.807, 2.05) is 12.1 Å². The minimum absolute atomic E-state index is 0.0215. The minimum Gasteiger partial charge on any atom is -0.344 e. The zero-order chi connectivity index (χ0) is 17.5. The maximum absolute atomic E-state index is 12.5. The Morgan fingerprint density at radius 3 is 2.75 bits per heavy atom. The quantitative estimate of drug-likeness (QED) is 0.335. The number of rotatable bonds is 7. The Bertz CT molecular complexity index is 754. The second-order valence-electron chi connectivity index (χ2n) is 5.45. The van der Waals surface area contributed by atoms with Crippen molar-refractivity contribution in [3.63, 3.8) is 0 Å². The largest absolute Gasteiger partial charge is 0.344 e. The number of amides is 1. The SMILES string of the molecule is C=C/C=C(\C=C)C(NC(=O)/C(C#N)=C/c1cccc(Br)n1)C1CC1. The molecule has 0 radical (unpaired) electrons. The summed E-state index contributed by atoms with van der Waals surface area (Å²) >= 11 is 3.27. The summed E-state index contributed by atoms with van der Waals surface area (Å²) in [6.07, 6.45) is 8.80. The van der Waals surface area contributed by atoms with Crippen LogP contribution in [0.2, 0.25) is 0 Å². The predicted molar refractivity (Wildman–Crippen MR) is 98.7 cm³/mol. The molecule has 24 heavy (non-hydrogen) atoms. The van der Waals surface area contributed by atoms with E-state index in [4.69, 9.17) is 0 Å². The molecule has 1 unspecified atom stereocenters. The summed E-state index contributed by atoms with van der Waals surface area (Å²) in [6, 6.07) is 7.11. The van der Waals surface area contributed by atoms with Gasteiger partial charge in [-0.2, -0.15) is 5.26 Å². The van der Waals surface area contributed by atoms with Crippen LogP contribution in [0.5, 0.6) is 0 Å².